The normalized spacial score (nSPS) is 20.2. The number of anilines is 1. The molecule has 2 aliphatic rings. The first-order valence-corrected chi connectivity index (χ1v) is 14.9. The minimum atomic E-state index is -0.664. The predicted molar refractivity (Wildman–Crippen MR) is 161 cm³/mol. The highest BCUT2D eigenvalue weighted by atomic mass is 16.6. The maximum absolute atomic E-state index is 11.5. The molecule has 42 heavy (non-hydrogen) atoms. The summed E-state index contributed by atoms with van der Waals surface area (Å²) in [6.07, 6.45) is 1.46. The molecule has 2 aromatic rings. The third-order valence-electron chi connectivity index (χ3n) is 7.71. The lowest BCUT2D eigenvalue weighted by molar-refractivity contribution is -0.169. The number of carbonyl (C=O) groups excluding carboxylic acids is 1. The number of benzene rings is 2. The summed E-state index contributed by atoms with van der Waals surface area (Å²) in [4.78, 5) is 13.9. The van der Waals surface area contributed by atoms with Crippen LogP contribution in [0.3, 0.4) is 0 Å². The molecule has 1 saturated heterocycles. The highest BCUT2D eigenvalue weighted by Gasteiger charge is 2.44. The lowest BCUT2D eigenvalue weighted by Gasteiger charge is -2.44. The molecule has 0 unspecified atom stereocenters. The Kier molecular flexibility index (Phi) is 12.9. The van der Waals surface area contributed by atoms with E-state index in [0.29, 0.717) is 52.7 Å². The average molecular weight is 586 g/mol. The Morgan fingerprint density at radius 3 is 2.64 bits per heavy atom. The minimum absolute atomic E-state index is 0.0729. The van der Waals surface area contributed by atoms with Crippen molar-refractivity contribution < 1.29 is 33.2 Å². The van der Waals surface area contributed by atoms with Crippen LogP contribution in [-0.2, 0) is 47.3 Å². The number of amides is 1. The molecule has 0 aromatic heterocycles. The lowest BCUT2D eigenvalue weighted by atomic mass is 9.82. The smallest absolute Gasteiger partial charge is 0.216 e. The monoisotopic (exact) mass is 585 g/mol. The third kappa shape index (κ3) is 8.89. The molecule has 1 amide bonds. The van der Waals surface area contributed by atoms with E-state index in [0.717, 1.165) is 67.2 Å². The van der Waals surface area contributed by atoms with Crippen molar-refractivity contribution in [1.82, 2.24) is 10.6 Å². The van der Waals surface area contributed by atoms with E-state index in [2.05, 4.69) is 51.9 Å². The quantitative estimate of drug-likeness (QED) is 0.272. The van der Waals surface area contributed by atoms with E-state index >= 15 is 0 Å². The van der Waals surface area contributed by atoms with Gasteiger partial charge >= 0.3 is 0 Å². The Morgan fingerprint density at radius 2 is 1.86 bits per heavy atom. The minimum Gasteiger partial charge on any atom is -0.490 e. The number of hydrogen-bond donors (Lipinski definition) is 2. The van der Waals surface area contributed by atoms with Gasteiger partial charge < -0.3 is 44.0 Å². The van der Waals surface area contributed by atoms with E-state index in [9.17, 15) is 4.79 Å². The fraction of sp³-hybridized carbons (Fsp3) is 0.594. The van der Waals surface area contributed by atoms with Crippen LogP contribution < -0.4 is 20.3 Å². The van der Waals surface area contributed by atoms with Crippen LogP contribution in [0.25, 0.3) is 0 Å². The molecule has 2 aromatic carbocycles. The summed E-state index contributed by atoms with van der Waals surface area (Å²) in [5.74, 6) is 0.833. The number of methoxy groups -OCH3 is 2. The van der Waals surface area contributed by atoms with Crippen molar-refractivity contribution >= 4 is 11.6 Å². The van der Waals surface area contributed by atoms with Crippen molar-refractivity contribution in [3.63, 3.8) is 0 Å². The van der Waals surface area contributed by atoms with Gasteiger partial charge in [-0.25, -0.2) is 0 Å². The summed E-state index contributed by atoms with van der Waals surface area (Å²) in [6.45, 7) is 9.05. The van der Waals surface area contributed by atoms with Gasteiger partial charge in [-0.1, -0.05) is 30.3 Å². The van der Waals surface area contributed by atoms with Crippen LogP contribution in [0.15, 0.2) is 42.5 Å². The predicted octanol–water partition coefficient (Wildman–Crippen LogP) is 3.01. The molecule has 10 heteroatoms. The molecule has 0 radical (unpaired) electrons. The van der Waals surface area contributed by atoms with Gasteiger partial charge in [-0.2, -0.15) is 0 Å². The van der Waals surface area contributed by atoms with Crippen LogP contribution in [-0.4, -0.2) is 92.0 Å². The average Bonchev–Trinajstić information content (AvgIpc) is 3.01. The molecule has 232 valence electrons. The molecule has 2 N–H and O–H groups in total. The molecule has 0 saturated carbocycles. The Hall–Kier alpha value is -2.73. The van der Waals surface area contributed by atoms with Crippen molar-refractivity contribution in [3.8, 4) is 5.75 Å². The first kappa shape index (κ1) is 32.2. The number of carbonyl (C=O) groups is 1. The van der Waals surface area contributed by atoms with Crippen LogP contribution in [0.2, 0.25) is 0 Å². The maximum atomic E-state index is 11.5. The van der Waals surface area contributed by atoms with Gasteiger partial charge in [-0.15, -0.1) is 0 Å². The lowest BCUT2D eigenvalue weighted by Crippen LogP contribution is -2.55. The SMILES string of the molecule is COCCCN1CCOc2ccc(CO[C@H]3CNCC[C@]3(OCCNC(C)=O)c3ccc(COCCOC)cc3)cc21. The standard InChI is InChI=1S/C32H47N3O7/c1-25(36)34-13-17-42-32(28-8-5-26(6-9-28)23-39-20-19-38-3)11-12-33-22-31(32)41-24-27-7-10-30-29(21-27)35(15-18-40-30)14-4-16-37-2/h5-10,21,31,33H,4,11-20,22-24H2,1-3H3,(H,34,36)/t31-,32-/m0/s1. The fourth-order valence-corrected chi connectivity index (χ4v) is 5.52. The van der Waals surface area contributed by atoms with Crippen molar-refractivity contribution in [1.29, 1.82) is 0 Å². The van der Waals surface area contributed by atoms with Crippen LogP contribution >= 0.6 is 0 Å². The topological polar surface area (TPSA) is 99.8 Å². The summed E-state index contributed by atoms with van der Waals surface area (Å²) in [5, 5.41) is 6.34. The highest BCUT2D eigenvalue weighted by molar-refractivity contribution is 5.72. The Balaban J connectivity index is 1.50. The van der Waals surface area contributed by atoms with Gasteiger partial charge in [0, 0.05) is 47.4 Å². The number of rotatable bonds is 17. The zero-order valence-corrected chi connectivity index (χ0v) is 25.3. The third-order valence-corrected chi connectivity index (χ3v) is 7.71. The van der Waals surface area contributed by atoms with Crippen molar-refractivity contribution in [3.05, 3.63) is 59.2 Å². The highest BCUT2D eigenvalue weighted by Crippen LogP contribution is 2.38. The number of fused-ring (bicyclic) bond motifs is 1. The van der Waals surface area contributed by atoms with Gasteiger partial charge in [0.2, 0.25) is 5.91 Å². The number of nitrogens with zero attached hydrogens (tertiary/aromatic N) is 1. The Morgan fingerprint density at radius 1 is 1.05 bits per heavy atom. The van der Waals surface area contributed by atoms with Gasteiger partial charge in [0.05, 0.1) is 45.3 Å². The molecular weight excluding hydrogens is 538 g/mol. The van der Waals surface area contributed by atoms with Crippen LogP contribution in [0.4, 0.5) is 5.69 Å². The van der Waals surface area contributed by atoms with Crippen molar-refractivity contribution in [2.75, 3.05) is 84.9 Å². The summed E-state index contributed by atoms with van der Waals surface area (Å²) in [6, 6.07) is 14.7. The molecule has 2 heterocycles. The van der Waals surface area contributed by atoms with Gasteiger partial charge in [0.15, 0.2) is 0 Å². The van der Waals surface area contributed by atoms with E-state index in [1.807, 2.05) is 6.07 Å². The Labute approximate surface area is 249 Å². The molecular formula is C32H47N3O7. The van der Waals surface area contributed by atoms with E-state index in [4.69, 9.17) is 28.4 Å². The van der Waals surface area contributed by atoms with E-state index in [1.165, 1.54) is 6.92 Å². The maximum Gasteiger partial charge on any atom is 0.216 e. The zero-order chi connectivity index (χ0) is 29.6. The van der Waals surface area contributed by atoms with Gasteiger partial charge in [0.1, 0.15) is 24.1 Å². The molecule has 0 spiro atoms. The summed E-state index contributed by atoms with van der Waals surface area (Å²) in [5.41, 5.74) is 3.66. The first-order chi connectivity index (χ1) is 20.6. The molecule has 2 atom stereocenters. The summed E-state index contributed by atoms with van der Waals surface area (Å²) in [7, 11) is 3.40. The second-order valence-electron chi connectivity index (χ2n) is 10.7. The molecule has 1 fully saturated rings. The second-order valence-corrected chi connectivity index (χ2v) is 10.7. The second kappa shape index (κ2) is 16.8. The molecule has 0 aliphatic carbocycles. The molecule has 10 nitrogen and oxygen atoms in total. The number of piperidine rings is 1. The summed E-state index contributed by atoms with van der Waals surface area (Å²) < 4.78 is 35.3. The Bertz CT molecular complexity index is 1100. The van der Waals surface area contributed by atoms with Gasteiger partial charge in [-0.05, 0) is 48.2 Å². The van der Waals surface area contributed by atoms with E-state index < -0.39 is 5.60 Å². The molecule has 4 rings (SSSR count). The van der Waals surface area contributed by atoms with Crippen LogP contribution in [0.5, 0.6) is 5.75 Å². The fourth-order valence-electron chi connectivity index (χ4n) is 5.52. The number of hydrogen-bond acceptors (Lipinski definition) is 9. The van der Waals surface area contributed by atoms with Gasteiger partial charge in [0.25, 0.3) is 0 Å². The largest absolute Gasteiger partial charge is 0.490 e. The number of nitrogens with one attached hydrogen (secondary N) is 2. The first-order valence-electron chi connectivity index (χ1n) is 14.9. The zero-order valence-electron chi connectivity index (χ0n) is 25.3. The number of ether oxygens (including phenoxy) is 6. The summed E-state index contributed by atoms with van der Waals surface area (Å²) >= 11 is 0. The van der Waals surface area contributed by atoms with Crippen molar-refractivity contribution in [2.24, 2.45) is 0 Å². The van der Waals surface area contributed by atoms with Crippen LogP contribution in [0, 0.1) is 0 Å². The van der Waals surface area contributed by atoms with Gasteiger partial charge in [-0.3, -0.25) is 4.79 Å². The van der Waals surface area contributed by atoms with Crippen molar-refractivity contribution in [2.45, 2.75) is 44.7 Å². The molecule has 2 aliphatic heterocycles. The molecule has 0 bridgehead atoms. The van der Waals surface area contributed by atoms with Crippen LogP contribution in [0.1, 0.15) is 36.5 Å². The van der Waals surface area contributed by atoms with E-state index in [-0.39, 0.29) is 12.0 Å². The van der Waals surface area contributed by atoms with E-state index in [1.54, 1.807) is 14.2 Å².